The molecule has 1 fully saturated rings. The molecule has 0 bridgehead atoms. The first kappa shape index (κ1) is 18.2. The second-order valence-electron chi connectivity index (χ2n) is 7.77. The van der Waals surface area contributed by atoms with E-state index in [1.165, 1.54) is 0 Å². The molecule has 2 aromatic rings. The van der Waals surface area contributed by atoms with Gasteiger partial charge >= 0.3 is 0 Å². The van der Waals surface area contributed by atoms with E-state index in [4.69, 9.17) is 18.9 Å². The fraction of sp³-hybridized carbons (Fsp3) is 0.435. The third kappa shape index (κ3) is 3.26. The Kier molecular flexibility index (Phi) is 4.70. The molecule has 6 nitrogen and oxygen atoms in total. The highest BCUT2D eigenvalue weighted by atomic mass is 16.6. The van der Waals surface area contributed by atoms with Gasteiger partial charge in [0.05, 0.1) is 5.41 Å². The summed E-state index contributed by atoms with van der Waals surface area (Å²) in [5, 5.41) is 3.16. The maximum Gasteiger partial charge on any atom is 0.230 e. The lowest BCUT2D eigenvalue weighted by Crippen LogP contribution is -2.42. The Morgan fingerprint density at radius 3 is 2.41 bits per heavy atom. The molecule has 0 unspecified atom stereocenters. The number of fused-ring (bicyclic) bond motifs is 2. The molecule has 0 saturated heterocycles. The van der Waals surface area contributed by atoms with E-state index < -0.39 is 5.41 Å². The van der Waals surface area contributed by atoms with Crippen molar-refractivity contribution in [3.05, 3.63) is 47.5 Å². The highest BCUT2D eigenvalue weighted by Gasteiger charge is 2.43. The maximum atomic E-state index is 13.4. The summed E-state index contributed by atoms with van der Waals surface area (Å²) < 4.78 is 22.8. The number of nitrogens with one attached hydrogen (secondary N) is 1. The van der Waals surface area contributed by atoms with Crippen LogP contribution in [0.2, 0.25) is 0 Å². The Morgan fingerprint density at radius 2 is 1.59 bits per heavy atom. The Bertz CT molecular complexity index is 919. The highest BCUT2D eigenvalue weighted by molar-refractivity contribution is 5.89. The van der Waals surface area contributed by atoms with Crippen LogP contribution < -0.4 is 24.3 Å². The van der Waals surface area contributed by atoms with Gasteiger partial charge in [-0.3, -0.25) is 4.79 Å². The van der Waals surface area contributed by atoms with Gasteiger partial charge in [-0.2, -0.15) is 0 Å². The Labute approximate surface area is 170 Å². The van der Waals surface area contributed by atoms with Crippen molar-refractivity contribution in [1.82, 2.24) is 5.32 Å². The van der Waals surface area contributed by atoms with Gasteiger partial charge in [0.1, 0.15) is 26.4 Å². The first-order valence-electron chi connectivity index (χ1n) is 10.3. The van der Waals surface area contributed by atoms with Gasteiger partial charge in [0.15, 0.2) is 23.0 Å². The average molecular weight is 395 g/mol. The molecule has 3 aliphatic rings. The second kappa shape index (κ2) is 7.50. The smallest absolute Gasteiger partial charge is 0.230 e. The van der Waals surface area contributed by atoms with Crippen molar-refractivity contribution in [3.8, 4) is 23.0 Å². The molecule has 1 N–H and O–H groups in total. The van der Waals surface area contributed by atoms with E-state index in [2.05, 4.69) is 5.32 Å². The Hall–Kier alpha value is -2.89. The van der Waals surface area contributed by atoms with Gasteiger partial charge in [-0.1, -0.05) is 31.0 Å². The minimum atomic E-state index is -0.526. The molecule has 0 aromatic heterocycles. The zero-order valence-electron chi connectivity index (χ0n) is 16.4. The van der Waals surface area contributed by atoms with Crippen LogP contribution in [0.3, 0.4) is 0 Å². The number of para-hydroxylation sites is 1. The van der Waals surface area contributed by atoms with Crippen LogP contribution in [0.5, 0.6) is 23.0 Å². The van der Waals surface area contributed by atoms with Crippen molar-refractivity contribution in [2.45, 2.75) is 37.6 Å². The van der Waals surface area contributed by atoms with E-state index in [1.807, 2.05) is 36.4 Å². The van der Waals surface area contributed by atoms with Crippen molar-refractivity contribution in [2.75, 3.05) is 26.4 Å². The number of carbonyl (C=O) groups is 1. The summed E-state index contributed by atoms with van der Waals surface area (Å²) in [6.07, 6.45) is 3.76. The number of benzene rings is 2. The quantitative estimate of drug-likeness (QED) is 0.860. The third-order valence-corrected chi connectivity index (χ3v) is 6.07. The summed E-state index contributed by atoms with van der Waals surface area (Å²) in [4.78, 5) is 13.4. The molecule has 6 heteroatoms. The van der Waals surface area contributed by atoms with Gasteiger partial charge < -0.3 is 24.3 Å². The number of amides is 1. The summed E-state index contributed by atoms with van der Waals surface area (Å²) in [6.45, 7) is 2.59. The van der Waals surface area contributed by atoms with E-state index in [0.29, 0.717) is 33.0 Å². The van der Waals surface area contributed by atoms with E-state index in [0.717, 1.165) is 59.8 Å². The molecule has 5 rings (SSSR count). The van der Waals surface area contributed by atoms with Gasteiger partial charge in [0.2, 0.25) is 5.91 Å². The summed E-state index contributed by atoms with van der Waals surface area (Å²) in [7, 11) is 0. The van der Waals surface area contributed by atoms with E-state index >= 15 is 0 Å². The van der Waals surface area contributed by atoms with Crippen LogP contribution in [-0.4, -0.2) is 32.3 Å². The zero-order chi connectivity index (χ0) is 19.7. The zero-order valence-corrected chi connectivity index (χ0v) is 16.4. The van der Waals surface area contributed by atoms with Crippen molar-refractivity contribution >= 4 is 5.91 Å². The largest absolute Gasteiger partial charge is 0.486 e. The van der Waals surface area contributed by atoms with Crippen LogP contribution in [0.15, 0.2) is 36.4 Å². The summed E-state index contributed by atoms with van der Waals surface area (Å²) >= 11 is 0. The fourth-order valence-corrected chi connectivity index (χ4v) is 4.58. The monoisotopic (exact) mass is 395 g/mol. The van der Waals surface area contributed by atoms with Gasteiger partial charge in [0, 0.05) is 12.1 Å². The van der Waals surface area contributed by atoms with Crippen LogP contribution >= 0.6 is 0 Å². The Morgan fingerprint density at radius 1 is 0.862 bits per heavy atom. The van der Waals surface area contributed by atoms with Gasteiger partial charge in [-0.05, 0) is 36.6 Å². The SMILES string of the molecule is O=C(NCc1cccc2c1OCCO2)C1(c2ccc3c(c2)OCCO3)CCCC1. The topological polar surface area (TPSA) is 66.0 Å². The third-order valence-electron chi connectivity index (χ3n) is 6.07. The predicted molar refractivity (Wildman–Crippen MR) is 107 cm³/mol. The molecule has 1 aliphatic carbocycles. The van der Waals surface area contributed by atoms with Gasteiger partial charge in [-0.15, -0.1) is 0 Å². The molecule has 1 saturated carbocycles. The minimum absolute atomic E-state index is 0.0565. The molecule has 0 radical (unpaired) electrons. The fourth-order valence-electron chi connectivity index (χ4n) is 4.58. The second-order valence-corrected chi connectivity index (χ2v) is 7.77. The summed E-state index contributed by atoms with van der Waals surface area (Å²) in [6, 6.07) is 11.7. The molecule has 2 aromatic carbocycles. The van der Waals surface area contributed by atoms with Crippen LogP contribution in [0.4, 0.5) is 0 Å². The lowest BCUT2D eigenvalue weighted by atomic mass is 9.77. The van der Waals surface area contributed by atoms with Crippen LogP contribution in [0, 0.1) is 0 Å². The van der Waals surface area contributed by atoms with Crippen LogP contribution in [0.1, 0.15) is 36.8 Å². The first-order valence-corrected chi connectivity index (χ1v) is 10.3. The standard InChI is InChI=1S/C23H25NO5/c25-22(24-15-16-4-3-5-19-21(16)29-13-12-27-19)23(8-1-2-9-23)17-6-7-18-20(14-17)28-11-10-26-18/h3-7,14H,1-2,8-13,15H2,(H,24,25). The normalized spacial score (nSPS) is 18.9. The van der Waals surface area contributed by atoms with E-state index in [1.54, 1.807) is 0 Å². The summed E-state index contributed by atoms with van der Waals surface area (Å²) in [5.41, 5.74) is 1.42. The van der Waals surface area contributed by atoms with Gasteiger partial charge in [-0.25, -0.2) is 0 Å². The molecule has 0 atom stereocenters. The molecule has 2 heterocycles. The van der Waals surface area contributed by atoms with Gasteiger partial charge in [0.25, 0.3) is 0 Å². The summed E-state index contributed by atoms with van der Waals surface area (Å²) in [5.74, 6) is 3.02. The van der Waals surface area contributed by atoms with Crippen LogP contribution in [0.25, 0.3) is 0 Å². The molecule has 1 amide bonds. The number of hydrogen-bond donors (Lipinski definition) is 1. The van der Waals surface area contributed by atoms with Crippen LogP contribution in [-0.2, 0) is 16.8 Å². The average Bonchev–Trinajstić information content (AvgIpc) is 3.28. The first-order chi connectivity index (χ1) is 14.3. The molecular formula is C23H25NO5. The van der Waals surface area contributed by atoms with Crippen molar-refractivity contribution in [2.24, 2.45) is 0 Å². The lowest BCUT2D eigenvalue weighted by Gasteiger charge is -2.30. The lowest BCUT2D eigenvalue weighted by molar-refractivity contribution is -0.126. The predicted octanol–water partition coefficient (Wildman–Crippen LogP) is 3.36. The molecule has 29 heavy (non-hydrogen) atoms. The van der Waals surface area contributed by atoms with Crippen molar-refractivity contribution < 1.29 is 23.7 Å². The van der Waals surface area contributed by atoms with Crippen molar-refractivity contribution in [1.29, 1.82) is 0 Å². The minimum Gasteiger partial charge on any atom is -0.486 e. The molecule has 2 aliphatic heterocycles. The van der Waals surface area contributed by atoms with Crippen molar-refractivity contribution in [3.63, 3.8) is 0 Å². The number of hydrogen-bond acceptors (Lipinski definition) is 5. The Balaban J connectivity index is 1.38. The molecule has 0 spiro atoms. The van der Waals surface area contributed by atoms with E-state index in [-0.39, 0.29) is 5.91 Å². The highest BCUT2D eigenvalue weighted by Crippen LogP contribution is 2.44. The maximum absolute atomic E-state index is 13.4. The molecule has 152 valence electrons. The number of ether oxygens (including phenoxy) is 4. The van der Waals surface area contributed by atoms with E-state index in [9.17, 15) is 4.79 Å². The molecular weight excluding hydrogens is 370 g/mol. The number of rotatable bonds is 4. The number of carbonyl (C=O) groups excluding carboxylic acids is 1.